The highest BCUT2D eigenvalue weighted by Gasteiger charge is 2.13. The maximum Gasteiger partial charge on any atom is 0.116 e. The Hall–Kier alpha value is -1.16. The lowest BCUT2D eigenvalue weighted by Gasteiger charge is -2.14. The van der Waals surface area contributed by atoms with Crippen LogP contribution in [0.2, 0.25) is 0 Å². The van der Waals surface area contributed by atoms with Crippen molar-refractivity contribution in [2.45, 2.75) is 12.7 Å². The van der Waals surface area contributed by atoms with Gasteiger partial charge in [-0.1, -0.05) is 30.3 Å². The number of methoxy groups -OCH3 is 1. The summed E-state index contributed by atoms with van der Waals surface area (Å²) in [5.41, 5.74) is 2.03. The van der Waals surface area contributed by atoms with Crippen molar-refractivity contribution in [3.63, 3.8) is 0 Å². The Kier molecular flexibility index (Phi) is 3.72. The molecule has 0 spiro atoms. The largest absolute Gasteiger partial charge is 0.392 e. The highest BCUT2D eigenvalue weighted by atomic mass is 32.1. The second-order valence-corrected chi connectivity index (χ2v) is 4.51. The summed E-state index contributed by atoms with van der Waals surface area (Å²) < 4.78 is 5.50. The summed E-state index contributed by atoms with van der Waals surface area (Å²) in [6.45, 7) is 0.0803. The first-order chi connectivity index (χ1) is 7.85. The first-order valence-electron chi connectivity index (χ1n) is 5.11. The molecular weight excluding hydrogens is 220 g/mol. The molecule has 2 rings (SSSR count). The predicted octanol–water partition coefficient (Wildman–Crippen LogP) is 2.98. The molecule has 16 heavy (non-hydrogen) atoms. The van der Waals surface area contributed by atoms with Crippen molar-refractivity contribution in [1.29, 1.82) is 0 Å². The van der Waals surface area contributed by atoms with Crippen LogP contribution < -0.4 is 0 Å². The molecule has 84 valence electrons. The van der Waals surface area contributed by atoms with Gasteiger partial charge in [0.25, 0.3) is 0 Å². The van der Waals surface area contributed by atoms with Gasteiger partial charge in [0.1, 0.15) is 6.10 Å². The number of benzene rings is 1. The van der Waals surface area contributed by atoms with E-state index in [0.29, 0.717) is 0 Å². The van der Waals surface area contributed by atoms with Crippen LogP contribution in [0, 0.1) is 0 Å². The maximum atomic E-state index is 8.98. The minimum atomic E-state index is -0.00672. The highest BCUT2D eigenvalue weighted by molar-refractivity contribution is 7.10. The number of aliphatic hydroxyl groups excluding tert-OH is 1. The van der Waals surface area contributed by atoms with Crippen LogP contribution in [0.1, 0.15) is 22.1 Å². The standard InChI is InChI=1S/C13H14O2S/c1-15-13(12-3-2-8-16-12)11-6-4-10(9-14)5-7-11/h2-8,13-14H,9H2,1H3. The van der Waals surface area contributed by atoms with E-state index in [4.69, 9.17) is 9.84 Å². The zero-order chi connectivity index (χ0) is 11.4. The van der Waals surface area contributed by atoms with Crippen molar-refractivity contribution in [1.82, 2.24) is 0 Å². The normalized spacial score (nSPS) is 12.6. The average molecular weight is 234 g/mol. The lowest BCUT2D eigenvalue weighted by atomic mass is 10.1. The zero-order valence-electron chi connectivity index (χ0n) is 9.09. The number of ether oxygens (including phenoxy) is 1. The fourth-order valence-electron chi connectivity index (χ4n) is 1.65. The molecule has 1 aromatic carbocycles. The number of aliphatic hydroxyl groups is 1. The van der Waals surface area contributed by atoms with E-state index in [9.17, 15) is 0 Å². The Morgan fingerprint density at radius 2 is 2.00 bits per heavy atom. The third-order valence-corrected chi connectivity index (χ3v) is 3.42. The molecule has 0 amide bonds. The lowest BCUT2D eigenvalue weighted by molar-refractivity contribution is 0.139. The molecule has 0 radical (unpaired) electrons. The molecule has 2 nitrogen and oxygen atoms in total. The molecule has 1 unspecified atom stereocenters. The summed E-state index contributed by atoms with van der Waals surface area (Å²) in [5.74, 6) is 0. The number of thiophene rings is 1. The zero-order valence-corrected chi connectivity index (χ0v) is 9.91. The van der Waals surface area contributed by atoms with Crippen LogP contribution in [0.25, 0.3) is 0 Å². The Labute approximate surface area is 99.1 Å². The average Bonchev–Trinajstić information content (AvgIpc) is 2.85. The number of hydrogen-bond acceptors (Lipinski definition) is 3. The molecule has 0 aliphatic rings. The molecule has 0 aliphatic heterocycles. The van der Waals surface area contributed by atoms with Gasteiger partial charge < -0.3 is 9.84 Å². The van der Waals surface area contributed by atoms with E-state index >= 15 is 0 Å². The van der Waals surface area contributed by atoms with Gasteiger partial charge in [-0.25, -0.2) is 0 Å². The lowest BCUT2D eigenvalue weighted by Crippen LogP contribution is -2.01. The van der Waals surface area contributed by atoms with Gasteiger partial charge in [-0.05, 0) is 22.6 Å². The van der Waals surface area contributed by atoms with Crippen LogP contribution >= 0.6 is 11.3 Å². The molecule has 0 aliphatic carbocycles. The van der Waals surface area contributed by atoms with Crippen molar-refractivity contribution in [2.75, 3.05) is 7.11 Å². The van der Waals surface area contributed by atoms with Gasteiger partial charge in [-0.15, -0.1) is 11.3 Å². The number of rotatable bonds is 4. The Morgan fingerprint density at radius 1 is 1.25 bits per heavy atom. The predicted molar refractivity (Wildman–Crippen MR) is 65.5 cm³/mol. The summed E-state index contributed by atoms with van der Waals surface area (Å²) in [7, 11) is 1.71. The minimum absolute atomic E-state index is 0.00672. The fourth-order valence-corrected chi connectivity index (χ4v) is 2.48. The van der Waals surface area contributed by atoms with E-state index in [2.05, 4.69) is 6.07 Å². The van der Waals surface area contributed by atoms with Gasteiger partial charge in [0.05, 0.1) is 6.61 Å². The van der Waals surface area contributed by atoms with E-state index in [1.54, 1.807) is 18.4 Å². The Bertz CT molecular complexity index is 420. The van der Waals surface area contributed by atoms with Gasteiger partial charge in [0.2, 0.25) is 0 Å². The van der Waals surface area contributed by atoms with Gasteiger partial charge in [-0.2, -0.15) is 0 Å². The van der Waals surface area contributed by atoms with E-state index in [1.165, 1.54) is 4.88 Å². The van der Waals surface area contributed by atoms with E-state index < -0.39 is 0 Å². The van der Waals surface area contributed by atoms with Crippen LogP contribution in [0.3, 0.4) is 0 Å². The van der Waals surface area contributed by atoms with Crippen LogP contribution in [0.15, 0.2) is 41.8 Å². The minimum Gasteiger partial charge on any atom is -0.392 e. The summed E-state index contributed by atoms with van der Waals surface area (Å²) in [4.78, 5) is 1.19. The van der Waals surface area contributed by atoms with Gasteiger partial charge >= 0.3 is 0 Å². The van der Waals surface area contributed by atoms with Crippen molar-refractivity contribution in [3.8, 4) is 0 Å². The first kappa shape index (κ1) is 11.3. The molecule has 3 heteroatoms. The summed E-state index contributed by atoms with van der Waals surface area (Å²) in [5, 5.41) is 11.0. The molecular formula is C13H14O2S. The van der Waals surface area contributed by atoms with E-state index in [1.807, 2.05) is 35.7 Å². The molecule has 1 N–H and O–H groups in total. The molecule has 0 saturated carbocycles. The highest BCUT2D eigenvalue weighted by Crippen LogP contribution is 2.28. The van der Waals surface area contributed by atoms with Crippen LogP contribution in [-0.2, 0) is 11.3 Å². The van der Waals surface area contributed by atoms with Crippen LogP contribution in [0.4, 0.5) is 0 Å². The summed E-state index contributed by atoms with van der Waals surface area (Å²) in [6, 6.07) is 11.9. The summed E-state index contributed by atoms with van der Waals surface area (Å²) in [6.07, 6.45) is -0.00672. The molecule has 1 heterocycles. The molecule has 1 atom stereocenters. The van der Waals surface area contributed by atoms with Gasteiger partial charge in [0.15, 0.2) is 0 Å². The van der Waals surface area contributed by atoms with E-state index in [-0.39, 0.29) is 12.7 Å². The van der Waals surface area contributed by atoms with Crippen LogP contribution in [0.5, 0.6) is 0 Å². The van der Waals surface area contributed by atoms with Crippen molar-refractivity contribution in [3.05, 3.63) is 57.8 Å². The van der Waals surface area contributed by atoms with Crippen LogP contribution in [-0.4, -0.2) is 12.2 Å². The van der Waals surface area contributed by atoms with Crippen molar-refractivity contribution >= 4 is 11.3 Å². The van der Waals surface area contributed by atoms with Gasteiger partial charge in [-0.3, -0.25) is 0 Å². The molecule has 1 aromatic heterocycles. The summed E-state index contributed by atoms with van der Waals surface area (Å²) >= 11 is 1.69. The first-order valence-corrected chi connectivity index (χ1v) is 5.99. The SMILES string of the molecule is COC(c1ccc(CO)cc1)c1cccs1. The Morgan fingerprint density at radius 3 is 2.50 bits per heavy atom. The second kappa shape index (κ2) is 5.25. The van der Waals surface area contributed by atoms with Crippen molar-refractivity contribution in [2.24, 2.45) is 0 Å². The molecule has 0 saturated heterocycles. The second-order valence-electron chi connectivity index (χ2n) is 3.53. The third kappa shape index (κ3) is 2.32. The smallest absolute Gasteiger partial charge is 0.116 e. The maximum absolute atomic E-state index is 8.98. The van der Waals surface area contributed by atoms with Gasteiger partial charge in [0, 0.05) is 12.0 Å². The fraction of sp³-hybridized carbons (Fsp3) is 0.231. The third-order valence-electron chi connectivity index (χ3n) is 2.50. The number of hydrogen-bond donors (Lipinski definition) is 1. The molecule has 2 aromatic rings. The Balaban J connectivity index is 2.27. The quantitative estimate of drug-likeness (QED) is 0.881. The topological polar surface area (TPSA) is 29.5 Å². The van der Waals surface area contributed by atoms with Crippen molar-refractivity contribution < 1.29 is 9.84 Å². The molecule has 0 fully saturated rings. The van der Waals surface area contributed by atoms with E-state index in [0.717, 1.165) is 11.1 Å². The monoisotopic (exact) mass is 234 g/mol. The molecule has 0 bridgehead atoms.